The Morgan fingerprint density at radius 2 is 2.40 bits per heavy atom. The summed E-state index contributed by atoms with van der Waals surface area (Å²) in [5.74, 6) is 0. The summed E-state index contributed by atoms with van der Waals surface area (Å²) in [5, 5.41) is 10.8. The summed E-state index contributed by atoms with van der Waals surface area (Å²) in [6.45, 7) is 0. The minimum atomic E-state index is -0.549. The molecule has 0 aromatic rings. The summed E-state index contributed by atoms with van der Waals surface area (Å²) < 4.78 is 0. The van der Waals surface area contributed by atoms with Crippen molar-refractivity contribution >= 4 is 27.7 Å². The lowest BCUT2D eigenvalue weighted by Gasteiger charge is -2.04. The van der Waals surface area contributed by atoms with E-state index in [2.05, 4.69) is 17.0 Å². The highest BCUT2D eigenvalue weighted by atomic mass is 33.1. The van der Waals surface area contributed by atoms with Crippen LogP contribution in [0.3, 0.4) is 0 Å². The number of nitrogens with zero attached hydrogens (tertiary/aromatic N) is 1. The lowest BCUT2D eigenvalue weighted by Crippen LogP contribution is -2.32. The number of nitriles is 1. The third-order valence-electron chi connectivity index (χ3n) is 1.39. The van der Waals surface area contributed by atoms with Gasteiger partial charge in [-0.15, -0.1) is 11.7 Å². The number of carbonyl (C=O) groups is 1. The van der Waals surface area contributed by atoms with E-state index in [1.165, 1.54) is 0 Å². The molecule has 0 aromatic carbocycles. The molecule has 0 radical (unpaired) electrons. The molecule has 1 aliphatic carbocycles. The highest BCUT2D eigenvalue weighted by Crippen LogP contribution is 2.35. The number of rotatable bonds is 1. The largest absolute Gasteiger partial charge is 0.328 e. The standard InChI is InChI=1S/C5H6N2OS2/c6-3-5(1-2-5)7-4(8)10-9/h9H,1-2H2,(H,7,8). The van der Waals surface area contributed by atoms with E-state index in [-0.39, 0.29) is 5.24 Å². The second-order valence-corrected chi connectivity index (χ2v) is 3.30. The van der Waals surface area contributed by atoms with Crippen LogP contribution in [-0.4, -0.2) is 10.8 Å². The van der Waals surface area contributed by atoms with Gasteiger partial charge in [0.1, 0.15) is 5.54 Å². The minimum absolute atomic E-state index is 0.248. The molecule has 0 aromatic heterocycles. The second-order valence-electron chi connectivity index (χ2n) is 2.20. The lowest BCUT2D eigenvalue weighted by atomic mass is 10.3. The maximum atomic E-state index is 10.7. The van der Waals surface area contributed by atoms with Gasteiger partial charge in [-0.3, -0.25) is 4.79 Å². The Labute approximate surface area is 68.0 Å². The first-order valence-corrected chi connectivity index (χ1v) is 4.64. The van der Waals surface area contributed by atoms with Crippen LogP contribution in [-0.2, 0) is 0 Å². The fraction of sp³-hybridized carbons (Fsp3) is 0.600. The van der Waals surface area contributed by atoms with Crippen LogP contribution < -0.4 is 5.32 Å². The van der Waals surface area contributed by atoms with Crippen LogP contribution in [0.1, 0.15) is 12.8 Å². The number of nitrogens with one attached hydrogen (secondary N) is 1. The zero-order chi connectivity index (χ0) is 7.61. The van der Waals surface area contributed by atoms with Gasteiger partial charge in [-0.1, -0.05) is 0 Å². The van der Waals surface area contributed by atoms with Crippen LogP contribution in [0.2, 0.25) is 0 Å². The summed E-state index contributed by atoms with van der Waals surface area (Å²) in [6, 6.07) is 2.04. The molecule has 0 saturated heterocycles. The molecule has 0 unspecified atom stereocenters. The number of hydrogen-bond donors (Lipinski definition) is 2. The smallest absolute Gasteiger partial charge is 0.290 e. The Balaban J connectivity index is 2.40. The first-order valence-electron chi connectivity index (χ1n) is 2.77. The maximum Gasteiger partial charge on any atom is 0.290 e. The molecule has 1 fully saturated rings. The molecule has 0 bridgehead atoms. The van der Waals surface area contributed by atoms with Crippen molar-refractivity contribution in [1.29, 1.82) is 5.26 Å². The van der Waals surface area contributed by atoms with Gasteiger partial charge in [-0.2, -0.15) is 5.26 Å². The van der Waals surface area contributed by atoms with Gasteiger partial charge in [0.05, 0.1) is 6.07 Å². The van der Waals surface area contributed by atoms with E-state index in [0.29, 0.717) is 0 Å². The van der Waals surface area contributed by atoms with Crippen LogP contribution in [0.25, 0.3) is 0 Å². The van der Waals surface area contributed by atoms with Crippen LogP contribution >= 0.6 is 22.5 Å². The second kappa shape index (κ2) is 2.72. The zero-order valence-electron chi connectivity index (χ0n) is 5.13. The van der Waals surface area contributed by atoms with Gasteiger partial charge in [-0.25, -0.2) is 0 Å². The van der Waals surface area contributed by atoms with Crippen LogP contribution in [0, 0.1) is 11.3 Å². The van der Waals surface area contributed by atoms with Crippen molar-refractivity contribution in [3.63, 3.8) is 0 Å². The Morgan fingerprint density at radius 1 is 1.80 bits per heavy atom. The van der Waals surface area contributed by atoms with Gasteiger partial charge < -0.3 is 5.32 Å². The van der Waals surface area contributed by atoms with Crippen molar-refractivity contribution in [1.82, 2.24) is 5.32 Å². The summed E-state index contributed by atoms with van der Waals surface area (Å²) in [5.41, 5.74) is -0.549. The molecule has 1 rings (SSSR count). The quantitative estimate of drug-likeness (QED) is 0.466. The third kappa shape index (κ3) is 1.58. The number of amides is 1. The fourth-order valence-corrected chi connectivity index (χ4v) is 0.986. The van der Waals surface area contributed by atoms with Crippen molar-refractivity contribution in [3.05, 3.63) is 0 Å². The van der Waals surface area contributed by atoms with Gasteiger partial charge in [0.15, 0.2) is 0 Å². The van der Waals surface area contributed by atoms with Crippen LogP contribution in [0.15, 0.2) is 0 Å². The topological polar surface area (TPSA) is 52.9 Å². The molecule has 1 amide bonds. The molecule has 0 spiro atoms. The maximum absolute atomic E-state index is 10.7. The number of thiol groups is 1. The van der Waals surface area contributed by atoms with E-state index in [4.69, 9.17) is 5.26 Å². The molecule has 5 heteroatoms. The summed E-state index contributed by atoms with van der Waals surface area (Å²) in [4.78, 5) is 10.7. The molecule has 0 atom stereocenters. The Kier molecular flexibility index (Phi) is 2.11. The van der Waals surface area contributed by atoms with E-state index < -0.39 is 5.54 Å². The van der Waals surface area contributed by atoms with E-state index in [9.17, 15) is 4.79 Å². The Hall–Kier alpha value is -0.340. The predicted octanol–water partition coefficient (Wildman–Crippen LogP) is 1.33. The van der Waals surface area contributed by atoms with Gasteiger partial charge in [0.2, 0.25) is 0 Å². The molecular weight excluding hydrogens is 168 g/mol. The summed E-state index contributed by atoms with van der Waals surface area (Å²) >= 11 is 3.69. The highest BCUT2D eigenvalue weighted by molar-refractivity contribution is 8.74. The number of carbonyl (C=O) groups excluding carboxylic acids is 1. The average Bonchev–Trinajstić information content (AvgIpc) is 2.70. The Bertz CT molecular complexity index is 194. The molecule has 0 aliphatic heterocycles. The average molecular weight is 174 g/mol. The molecule has 1 saturated carbocycles. The molecular formula is C5H6N2OS2. The first-order chi connectivity index (χ1) is 4.72. The molecule has 0 heterocycles. The zero-order valence-corrected chi connectivity index (χ0v) is 6.84. The van der Waals surface area contributed by atoms with Crippen molar-refractivity contribution in [2.45, 2.75) is 18.4 Å². The van der Waals surface area contributed by atoms with Crippen LogP contribution in [0.4, 0.5) is 4.79 Å². The van der Waals surface area contributed by atoms with E-state index in [1.54, 1.807) is 0 Å². The monoisotopic (exact) mass is 174 g/mol. The van der Waals surface area contributed by atoms with E-state index in [0.717, 1.165) is 23.6 Å². The highest BCUT2D eigenvalue weighted by Gasteiger charge is 2.44. The SMILES string of the molecule is N#CC1(NC(=O)SS)CC1. The first kappa shape index (κ1) is 7.76. The van der Waals surface area contributed by atoms with Gasteiger partial charge in [-0.05, 0) is 12.8 Å². The lowest BCUT2D eigenvalue weighted by molar-refractivity contribution is 0.259. The molecule has 3 nitrogen and oxygen atoms in total. The summed E-state index contributed by atoms with van der Waals surface area (Å²) in [7, 11) is 0.800. The fourth-order valence-electron chi connectivity index (χ4n) is 0.608. The normalized spacial score (nSPS) is 19.2. The van der Waals surface area contributed by atoms with Crippen molar-refractivity contribution < 1.29 is 4.79 Å². The van der Waals surface area contributed by atoms with E-state index in [1.807, 2.05) is 6.07 Å². The molecule has 10 heavy (non-hydrogen) atoms. The number of hydrogen-bond acceptors (Lipinski definition) is 4. The minimum Gasteiger partial charge on any atom is -0.328 e. The van der Waals surface area contributed by atoms with Gasteiger partial charge in [0.25, 0.3) is 5.24 Å². The molecule has 54 valence electrons. The van der Waals surface area contributed by atoms with Crippen LogP contribution in [0.5, 0.6) is 0 Å². The molecule has 1 aliphatic rings. The van der Waals surface area contributed by atoms with Crippen molar-refractivity contribution in [2.24, 2.45) is 0 Å². The predicted molar refractivity (Wildman–Crippen MR) is 42.7 cm³/mol. The molecule has 1 N–H and O–H groups in total. The Morgan fingerprint density at radius 3 is 2.70 bits per heavy atom. The van der Waals surface area contributed by atoms with E-state index >= 15 is 0 Å². The van der Waals surface area contributed by atoms with Gasteiger partial charge >= 0.3 is 0 Å². The van der Waals surface area contributed by atoms with Crippen molar-refractivity contribution in [2.75, 3.05) is 0 Å². The third-order valence-corrected chi connectivity index (χ3v) is 2.15. The summed E-state index contributed by atoms with van der Waals surface area (Å²) in [6.07, 6.45) is 1.53. The van der Waals surface area contributed by atoms with Crippen molar-refractivity contribution in [3.8, 4) is 6.07 Å². The van der Waals surface area contributed by atoms with Gasteiger partial charge in [0, 0.05) is 10.8 Å².